The van der Waals surface area contributed by atoms with Gasteiger partial charge in [0.15, 0.2) is 0 Å². The van der Waals surface area contributed by atoms with Crippen molar-refractivity contribution in [2.45, 2.75) is 38.5 Å². The third kappa shape index (κ3) is 3.69. The fourth-order valence-corrected chi connectivity index (χ4v) is 3.08. The minimum Gasteiger partial charge on any atom is -0.497 e. The van der Waals surface area contributed by atoms with Crippen LogP contribution < -0.4 is 15.8 Å². The predicted octanol–water partition coefficient (Wildman–Crippen LogP) is 3.59. The molecule has 5 heteroatoms. The van der Waals surface area contributed by atoms with Gasteiger partial charge in [-0.05, 0) is 25.0 Å². The van der Waals surface area contributed by atoms with Crippen LogP contribution >= 0.6 is 11.6 Å². The van der Waals surface area contributed by atoms with Gasteiger partial charge < -0.3 is 15.8 Å². The molecule has 21 heavy (non-hydrogen) atoms. The molecule has 2 rings (SSSR count). The fraction of sp³-hybridized carbons (Fsp3) is 0.562. The second-order valence-electron chi connectivity index (χ2n) is 5.70. The van der Waals surface area contributed by atoms with Gasteiger partial charge in [0, 0.05) is 12.6 Å². The Morgan fingerprint density at radius 1 is 1.33 bits per heavy atom. The topological polar surface area (TPSA) is 64.3 Å². The maximum atomic E-state index is 12.7. The van der Waals surface area contributed by atoms with Crippen molar-refractivity contribution in [3.63, 3.8) is 0 Å². The molecule has 3 N–H and O–H groups in total. The van der Waals surface area contributed by atoms with E-state index in [1.54, 1.807) is 25.3 Å². The highest BCUT2D eigenvalue weighted by Crippen LogP contribution is 2.36. The van der Waals surface area contributed by atoms with E-state index in [9.17, 15) is 4.79 Å². The van der Waals surface area contributed by atoms with E-state index >= 15 is 0 Å². The molecule has 0 radical (unpaired) electrons. The van der Waals surface area contributed by atoms with E-state index in [1.807, 2.05) is 0 Å². The van der Waals surface area contributed by atoms with Crippen molar-refractivity contribution in [3.05, 3.63) is 23.2 Å². The van der Waals surface area contributed by atoms with Crippen molar-refractivity contribution in [3.8, 4) is 5.75 Å². The standard InChI is InChI=1S/C16H23ClN2O2/c1-21-12-6-7-13(17)14(10-12)19-15(20)16(11-18)8-4-2-3-5-9-16/h6-7,10H,2-5,8-9,11,18H2,1H3,(H,19,20). The molecule has 1 saturated carbocycles. The van der Waals surface area contributed by atoms with Gasteiger partial charge in [-0.2, -0.15) is 0 Å². The summed E-state index contributed by atoms with van der Waals surface area (Å²) in [7, 11) is 1.58. The monoisotopic (exact) mass is 310 g/mol. The minimum absolute atomic E-state index is 0.0259. The summed E-state index contributed by atoms with van der Waals surface area (Å²) in [6, 6.07) is 5.22. The first-order valence-electron chi connectivity index (χ1n) is 7.46. The average Bonchev–Trinajstić information content (AvgIpc) is 2.76. The van der Waals surface area contributed by atoms with Crippen molar-refractivity contribution in [1.29, 1.82) is 0 Å². The molecular formula is C16H23ClN2O2. The number of amides is 1. The Morgan fingerprint density at radius 3 is 2.57 bits per heavy atom. The number of anilines is 1. The lowest BCUT2D eigenvalue weighted by molar-refractivity contribution is -0.125. The molecule has 1 aliphatic rings. The molecule has 0 saturated heterocycles. The Kier molecular flexibility index (Phi) is 5.48. The zero-order valence-corrected chi connectivity index (χ0v) is 13.2. The quantitative estimate of drug-likeness (QED) is 0.835. The van der Waals surface area contributed by atoms with Crippen LogP contribution in [-0.4, -0.2) is 19.6 Å². The van der Waals surface area contributed by atoms with Gasteiger partial charge in [0.2, 0.25) is 5.91 Å². The Morgan fingerprint density at radius 2 is 2.00 bits per heavy atom. The maximum Gasteiger partial charge on any atom is 0.231 e. The third-order valence-corrected chi connectivity index (χ3v) is 4.68. The lowest BCUT2D eigenvalue weighted by Crippen LogP contribution is -2.42. The molecule has 4 nitrogen and oxygen atoms in total. The number of nitrogens with one attached hydrogen (secondary N) is 1. The van der Waals surface area contributed by atoms with Crippen LogP contribution in [0.15, 0.2) is 18.2 Å². The predicted molar refractivity (Wildman–Crippen MR) is 85.8 cm³/mol. The number of ether oxygens (including phenoxy) is 1. The summed E-state index contributed by atoms with van der Waals surface area (Å²) in [4.78, 5) is 12.7. The summed E-state index contributed by atoms with van der Waals surface area (Å²) < 4.78 is 5.17. The third-order valence-electron chi connectivity index (χ3n) is 4.35. The summed E-state index contributed by atoms with van der Waals surface area (Å²) in [5.74, 6) is 0.638. The molecular weight excluding hydrogens is 288 g/mol. The summed E-state index contributed by atoms with van der Waals surface area (Å²) in [6.07, 6.45) is 6.14. The van der Waals surface area contributed by atoms with Crippen molar-refractivity contribution < 1.29 is 9.53 Å². The average molecular weight is 311 g/mol. The number of hydrogen-bond acceptors (Lipinski definition) is 3. The molecule has 1 aromatic carbocycles. The van der Waals surface area contributed by atoms with Gasteiger partial charge >= 0.3 is 0 Å². The van der Waals surface area contributed by atoms with Crippen LogP contribution in [0.3, 0.4) is 0 Å². The maximum absolute atomic E-state index is 12.7. The molecule has 0 heterocycles. The number of carbonyl (C=O) groups is 1. The van der Waals surface area contributed by atoms with Gasteiger partial charge in [-0.25, -0.2) is 0 Å². The van der Waals surface area contributed by atoms with Gasteiger partial charge in [-0.15, -0.1) is 0 Å². The van der Waals surface area contributed by atoms with E-state index < -0.39 is 5.41 Å². The van der Waals surface area contributed by atoms with Gasteiger partial charge in [-0.1, -0.05) is 37.3 Å². The first kappa shape index (κ1) is 16.1. The Balaban J connectivity index is 2.19. The Hall–Kier alpha value is -1.26. The highest BCUT2D eigenvalue weighted by molar-refractivity contribution is 6.33. The number of carbonyl (C=O) groups excluding carboxylic acids is 1. The van der Waals surface area contributed by atoms with Crippen LogP contribution in [0.4, 0.5) is 5.69 Å². The van der Waals surface area contributed by atoms with E-state index in [4.69, 9.17) is 22.1 Å². The fourth-order valence-electron chi connectivity index (χ4n) is 2.91. The van der Waals surface area contributed by atoms with Crippen LogP contribution in [0.5, 0.6) is 5.75 Å². The largest absolute Gasteiger partial charge is 0.497 e. The molecule has 116 valence electrons. The summed E-state index contributed by atoms with van der Waals surface area (Å²) >= 11 is 6.16. The summed E-state index contributed by atoms with van der Waals surface area (Å²) in [5.41, 5.74) is 6.05. The molecule has 1 aliphatic carbocycles. The van der Waals surface area contributed by atoms with Crippen LogP contribution in [0.2, 0.25) is 5.02 Å². The lowest BCUT2D eigenvalue weighted by Gasteiger charge is -2.30. The molecule has 1 amide bonds. The van der Waals surface area contributed by atoms with Crippen LogP contribution in [-0.2, 0) is 4.79 Å². The van der Waals surface area contributed by atoms with E-state index in [1.165, 1.54) is 12.8 Å². The molecule has 0 bridgehead atoms. The molecule has 0 spiro atoms. The number of nitrogens with two attached hydrogens (primary N) is 1. The smallest absolute Gasteiger partial charge is 0.231 e. The van der Waals surface area contributed by atoms with E-state index in [-0.39, 0.29) is 5.91 Å². The lowest BCUT2D eigenvalue weighted by atomic mass is 9.79. The molecule has 1 fully saturated rings. The number of rotatable bonds is 4. The Labute approximate surface area is 131 Å². The zero-order valence-electron chi connectivity index (χ0n) is 12.5. The normalized spacial score (nSPS) is 17.9. The van der Waals surface area contributed by atoms with Gasteiger partial charge in [0.1, 0.15) is 5.75 Å². The summed E-state index contributed by atoms with van der Waals surface area (Å²) in [6.45, 7) is 0.375. The van der Waals surface area contributed by atoms with E-state index in [0.29, 0.717) is 23.0 Å². The second-order valence-corrected chi connectivity index (χ2v) is 6.11. The van der Waals surface area contributed by atoms with Gasteiger partial charge in [0.05, 0.1) is 23.2 Å². The number of methoxy groups -OCH3 is 1. The number of halogens is 1. The van der Waals surface area contributed by atoms with Gasteiger partial charge in [0.25, 0.3) is 0 Å². The molecule has 1 aromatic rings. The summed E-state index contributed by atoms with van der Waals surface area (Å²) in [5, 5.41) is 3.45. The number of hydrogen-bond donors (Lipinski definition) is 2. The highest BCUT2D eigenvalue weighted by atomic mass is 35.5. The highest BCUT2D eigenvalue weighted by Gasteiger charge is 2.37. The van der Waals surface area contributed by atoms with Crippen LogP contribution in [0.25, 0.3) is 0 Å². The van der Waals surface area contributed by atoms with Crippen LogP contribution in [0.1, 0.15) is 38.5 Å². The van der Waals surface area contributed by atoms with Crippen LogP contribution in [0, 0.1) is 5.41 Å². The molecule has 0 unspecified atom stereocenters. The number of benzene rings is 1. The Bertz CT molecular complexity index is 497. The van der Waals surface area contributed by atoms with Crippen molar-refractivity contribution >= 4 is 23.2 Å². The van der Waals surface area contributed by atoms with E-state index in [2.05, 4.69) is 5.32 Å². The first-order chi connectivity index (χ1) is 10.1. The first-order valence-corrected chi connectivity index (χ1v) is 7.84. The molecule has 0 atom stereocenters. The molecule has 0 aromatic heterocycles. The van der Waals surface area contributed by atoms with Crippen molar-refractivity contribution in [2.24, 2.45) is 11.1 Å². The van der Waals surface area contributed by atoms with Crippen molar-refractivity contribution in [1.82, 2.24) is 0 Å². The SMILES string of the molecule is COc1ccc(Cl)c(NC(=O)C2(CN)CCCCCC2)c1. The zero-order chi connectivity index (χ0) is 15.3. The second kappa shape index (κ2) is 7.14. The van der Waals surface area contributed by atoms with Gasteiger partial charge in [-0.3, -0.25) is 4.79 Å². The molecule has 0 aliphatic heterocycles. The van der Waals surface area contributed by atoms with Crippen molar-refractivity contribution in [2.75, 3.05) is 19.0 Å². The minimum atomic E-state index is -0.469. The van der Waals surface area contributed by atoms with E-state index in [0.717, 1.165) is 25.7 Å².